The van der Waals surface area contributed by atoms with Crippen LogP contribution in [0.3, 0.4) is 0 Å². The van der Waals surface area contributed by atoms with Gasteiger partial charge in [-0.25, -0.2) is 0 Å². The van der Waals surface area contributed by atoms with Crippen molar-refractivity contribution in [3.63, 3.8) is 0 Å². The highest BCUT2D eigenvalue weighted by Gasteiger charge is 2.26. The van der Waals surface area contributed by atoms with Gasteiger partial charge in [0.2, 0.25) is 0 Å². The van der Waals surface area contributed by atoms with Crippen molar-refractivity contribution in [2.45, 2.75) is 0 Å². The number of Topliss-reactive ketones (excluding diaryl/α,β-unsaturated/α-hetero) is 1. The molecular formula is C7H2N4O. The summed E-state index contributed by atoms with van der Waals surface area (Å²) in [6.07, 6.45) is 0. The monoisotopic (exact) mass is 158 g/mol. The molecular weight excluding hydrogens is 156 g/mol. The molecule has 0 radical (unpaired) electrons. The third-order valence-corrected chi connectivity index (χ3v) is 1.09. The number of ketones is 1. The van der Waals surface area contributed by atoms with Crippen LogP contribution in [0.15, 0.2) is 0 Å². The predicted molar refractivity (Wildman–Crippen MR) is 34.4 cm³/mol. The van der Waals surface area contributed by atoms with Gasteiger partial charge in [-0.05, 0) is 0 Å². The topological polar surface area (TPSA) is 112 Å². The zero-order valence-electron chi connectivity index (χ0n) is 5.85. The summed E-state index contributed by atoms with van der Waals surface area (Å²) in [4.78, 5) is 10.9. The maximum absolute atomic E-state index is 10.9. The Morgan fingerprint density at radius 3 is 1.25 bits per heavy atom. The van der Waals surface area contributed by atoms with Crippen LogP contribution in [0.4, 0.5) is 0 Å². The van der Waals surface area contributed by atoms with E-state index in [9.17, 15) is 4.79 Å². The van der Waals surface area contributed by atoms with Crippen molar-refractivity contribution in [2.75, 3.05) is 0 Å². The molecule has 0 aliphatic carbocycles. The highest BCUT2D eigenvalue weighted by atomic mass is 16.1. The van der Waals surface area contributed by atoms with E-state index in [1.807, 2.05) is 0 Å². The van der Waals surface area contributed by atoms with Crippen LogP contribution in [0.25, 0.3) is 0 Å². The van der Waals surface area contributed by atoms with Gasteiger partial charge in [0.1, 0.15) is 0 Å². The fourth-order valence-corrected chi connectivity index (χ4v) is 0.479. The second-order valence-corrected chi connectivity index (χ2v) is 1.78. The Balaban J connectivity index is 4.68. The molecule has 5 heteroatoms. The standard InChI is InChI=1S/C7H2N4O/c8-1-5(2-9)7(12)6(3-10)4-11/h5-6H. The number of rotatable bonds is 2. The fraction of sp³-hybridized carbons (Fsp3) is 0.286. The minimum absolute atomic E-state index is 0.954. The number of carbonyl (C=O) groups excluding carboxylic acids is 1. The van der Waals surface area contributed by atoms with E-state index in [2.05, 4.69) is 0 Å². The number of carbonyl (C=O) groups is 1. The Morgan fingerprint density at radius 2 is 1.08 bits per heavy atom. The molecule has 0 saturated heterocycles. The molecule has 0 amide bonds. The summed E-state index contributed by atoms with van der Waals surface area (Å²) < 4.78 is 0. The van der Waals surface area contributed by atoms with Crippen molar-refractivity contribution >= 4 is 5.78 Å². The molecule has 0 atom stereocenters. The first-order valence-corrected chi connectivity index (χ1v) is 2.83. The number of nitrogens with zero attached hydrogens (tertiary/aromatic N) is 4. The van der Waals surface area contributed by atoms with Gasteiger partial charge in [-0.15, -0.1) is 0 Å². The van der Waals surface area contributed by atoms with Crippen molar-refractivity contribution < 1.29 is 4.79 Å². The molecule has 0 spiro atoms. The van der Waals surface area contributed by atoms with Crippen molar-refractivity contribution in [3.05, 3.63) is 0 Å². The summed E-state index contributed by atoms with van der Waals surface area (Å²) in [5, 5.41) is 32.9. The third kappa shape index (κ3) is 1.81. The van der Waals surface area contributed by atoms with Gasteiger partial charge in [0, 0.05) is 0 Å². The zero-order valence-corrected chi connectivity index (χ0v) is 5.85. The van der Waals surface area contributed by atoms with Gasteiger partial charge in [0.05, 0.1) is 24.3 Å². The van der Waals surface area contributed by atoms with Gasteiger partial charge in [0.25, 0.3) is 0 Å². The van der Waals surface area contributed by atoms with Crippen LogP contribution in [-0.4, -0.2) is 5.78 Å². The highest BCUT2D eigenvalue weighted by molar-refractivity contribution is 5.91. The molecule has 0 fully saturated rings. The lowest BCUT2D eigenvalue weighted by Crippen LogP contribution is -2.18. The van der Waals surface area contributed by atoms with E-state index in [1.54, 1.807) is 0 Å². The van der Waals surface area contributed by atoms with Crippen LogP contribution in [-0.2, 0) is 4.79 Å². The largest absolute Gasteiger partial charge is 0.294 e. The summed E-state index contributed by atoms with van der Waals surface area (Å²) in [7, 11) is 0. The van der Waals surface area contributed by atoms with E-state index in [-0.39, 0.29) is 0 Å². The van der Waals surface area contributed by atoms with Crippen LogP contribution in [0.5, 0.6) is 0 Å². The van der Waals surface area contributed by atoms with Gasteiger partial charge < -0.3 is 0 Å². The average molecular weight is 158 g/mol. The van der Waals surface area contributed by atoms with Crippen LogP contribution < -0.4 is 0 Å². The summed E-state index contributed by atoms with van der Waals surface area (Å²) in [6.45, 7) is 0. The number of hydrogen-bond acceptors (Lipinski definition) is 5. The number of nitriles is 4. The van der Waals surface area contributed by atoms with E-state index in [0.717, 1.165) is 0 Å². The van der Waals surface area contributed by atoms with Crippen molar-refractivity contribution in [2.24, 2.45) is 11.8 Å². The molecule has 0 heterocycles. The first-order valence-electron chi connectivity index (χ1n) is 2.83. The fourth-order valence-electron chi connectivity index (χ4n) is 0.479. The van der Waals surface area contributed by atoms with Crippen molar-refractivity contribution in [1.82, 2.24) is 0 Å². The maximum Gasteiger partial charge on any atom is 0.195 e. The van der Waals surface area contributed by atoms with E-state index in [1.165, 1.54) is 24.3 Å². The molecule has 0 aliphatic rings. The lowest BCUT2D eigenvalue weighted by molar-refractivity contribution is -0.120. The molecule has 56 valence electrons. The second-order valence-electron chi connectivity index (χ2n) is 1.78. The van der Waals surface area contributed by atoms with E-state index in [0.29, 0.717) is 0 Å². The summed E-state index contributed by atoms with van der Waals surface area (Å²) in [5.74, 6) is -3.99. The van der Waals surface area contributed by atoms with Crippen LogP contribution in [0.1, 0.15) is 0 Å². The van der Waals surface area contributed by atoms with Crippen LogP contribution in [0, 0.1) is 57.2 Å². The molecule has 0 N–H and O–H groups in total. The minimum Gasteiger partial charge on any atom is -0.294 e. The minimum atomic E-state index is -1.52. The molecule has 0 aromatic heterocycles. The Morgan fingerprint density at radius 1 is 0.833 bits per heavy atom. The predicted octanol–water partition coefficient (Wildman–Crippen LogP) is -0.118. The van der Waals surface area contributed by atoms with Crippen LogP contribution >= 0.6 is 0 Å². The van der Waals surface area contributed by atoms with E-state index < -0.39 is 17.6 Å². The summed E-state index contributed by atoms with van der Waals surface area (Å²) >= 11 is 0. The molecule has 0 aromatic rings. The molecule has 5 nitrogen and oxygen atoms in total. The lowest BCUT2D eigenvalue weighted by atomic mass is 9.97. The molecule has 12 heavy (non-hydrogen) atoms. The Bertz CT molecular complexity index is 284. The van der Waals surface area contributed by atoms with Gasteiger partial charge >= 0.3 is 0 Å². The van der Waals surface area contributed by atoms with Crippen molar-refractivity contribution in [3.8, 4) is 24.3 Å². The normalized spacial score (nSPS) is 7.83. The molecule has 0 bridgehead atoms. The first-order chi connectivity index (χ1) is 5.71. The van der Waals surface area contributed by atoms with Gasteiger partial charge in [-0.3, -0.25) is 4.79 Å². The van der Waals surface area contributed by atoms with Crippen molar-refractivity contribution in [1.29, 1.82) is 21.0 Å². The highest BCUT2D eigenvalue weighted by Crippen LogP contribution is 2.04. The molecule has 0 aromatic carbocycles. The number of hydrogen-bond donors (Lipinski definition) is 0. The summed E-state index contributed by atoms with van der Waals surface area (Å²) in [6, 6.07) is 5.55. The molecule has 0 unspecified atom stereocenters. The van der Waals surface area contributed by atoms with E-state index in [4.69, 9.17) is 21.0 Å². The summed E-state index contributed by atoms with van der Waals surface area (Å²) in [5.41, 5.74) is 0. The Hall–Kier alpha value is -2.37. The van der Waals surface area contributed by atoms with Crippen LogP contribution in [0.2, 0.25) is 0 Å². The zero-order chi connectivity index (χ0) is 9.56. The smallest absolute Gasteiger partial charge is 0.195 e. The molecule has 0 aliphatic heterocycles. The SMILES string of the molecule is N#CC(C#N)C(=O)C(C#N)C#N. The molecule has 0 saturated carbocycles. The average Bonchev–Trinajstić information content (AvgIpc) is 2.09. The third-order valence-electron chi connectivity index (χ3n) is 1.09. The van der Waals surface area contributed by atoms with Gasteiger partial charge in [-0.1, -0.05) is 0 Å². The Kier molecular flexibility index (Phi) is 3.57. The lowest BCUT2D eigenvalue weighted by Gasteiger charge is -1.96. The second kappa shape index (κ2) is 4.45. The molecule has 0 rings (SSSR count). The Labute approximate surface area is 68.7 Å². The maximum atomic E-state index is 10.9. The quantitative estimate of drug-likeness (QED) is 0.556. The van der Waals surface area contributed by atoms with Gasteiger partial charge in [-0.2, -0.15) is 21.0 Å². The van der Waals surface area contributed by atoms with E-state index >= 15 is 0 Å². The van der Waals surface area contributed by atoms with Gasteiger partial charge in [0.15, 0.2) is 17.6 Å². The first kappa shape index (κ1) is 9.63.